The lowest BCUT2D eigenvalue weighted by molar-refractivity contribution is -0.136. The van der Waals surface area contributed by atoms with Gasteiger partial charge in [0.2, 0.25) is 0 Å². The van der Waals surface area contributed by atoms with E-state index in [9.17, 15) is 4.79 Å². The van der Waals surface area contributed by atoms with Crippen molar-refractivity contribution in [2.24, 2.45) is 5.92 Å². The first kappa shape index (κ1) is 26.6. The molecule has 0 saturated heterocycles. The van der Waals surface area contributed by atoms with Gasteiger partial charge < -0.3 is 24.6 Å². The van der Waals surface area contributed by atoms with Crippen LogP contribution < -0.4 is 19.5 Å². The molecule has 5 rings (SSSR count). The third-order valence-corrected chi connectivity index (χ3v) is 7.39. The Morgan fingerprint density at radius 1 is 1.00 bits per heavy atom. The summed E-state index contributed by atoms with van der Waals surface area (Å²) in [6.07, 6.45) is 6.23. The standard InChI is InChI=1S/C33H35NO5/c1-23-26(8-5-9-29(23)27-14-15-30-32(19-27)38-17-16-37-30)12-10-24-11-13-28(20-34-21-33(35)36)31(18-24)39-22-25-6-3-2-4-7-25/h5,8-9,11,13-15,18-19,25,34H,2-4,6-7,16-17,20-22H2,1H3,(H,35,36). The molecule has 0 radical (unpaired) electrons. The van der Waals surface area contributed by atoms with Gasteiger partial charge in [0, 0.05) is 23.2 Å². The normalized spacial score (nSPS) is 14.8. The fraction of sp³-hybridized carbons (Fsp3) is 0.364. The van der Waals surface area contributed by atoms with Crippen molar-refractivity contribution in [3.63, 3.8) is 0 Å². The largest absolute Gasteiger partial charge is 0.493 e. The Kier molecular flexibility index (Phi) is 8.70. The van der Waals surface area contributed by atoms with E-state index in [0.717, 1.165) is 50.6 Å². The summed E-state index contributed by atoms with van der Waals surface area (Å²) in [5.74, 6) is 8.69. The number of rotatable bonds is 8. The van der Waals surface area contributed by atoms with Crippen molar-refractivity contribution >= 4 is 5.97 Å². The third-order valence-electron chi connectivity index (χ3n) is 7.39. The van der Waals surface area contributed by atoms with E-state index in [2.05, 4.69) is 36.2 Å². The van der Waals surface area contributed by atoms with Gasteiger partial charge in [0.1, 0.15) is 19.0 Å². The van der Waals surface area contributed by atoms with Crippen LogP contribution in [0.3, 0.4) is 0 Å². The summed E-state index contributed by atoms with van der Waals surface area (Å²) in [6, 6.07) is 18.1. The molecule has 3 aromatic rings. The van der Waals surface area contributed by atoms with E-state index in [-0.39, 0.29) is 6.54 Å². The minimum atomic E-state index is -0.879. The first-order valence-corrected chi connectivity index (χ1v) is 13.8. The van der Waals surface area contributed by atoms with Crippen molar-refractivity contribution in [2.45, 2.75) is 45.6 Å². The molecule has 1 fully saturated rings. The summed E-state index contributed by atoms with van der Waals surface area (Å²) in [5.41, 5.74) is 6.03. The van der Waals surface area contributed by atoms with Crippen LogP contribution in [0, 0.1) is 24.7 Å². The molecule has 0 spiro atoms. The van der Waals surface area contributed by atoms with Gasteiger partial charge in [0.25, 0.3) is 0 Å². The Hall–Kier alpha value is -3.95. The molecule has 202 valence electrons. The van der Waals surface area contributed by atoms with Crippen LogP contribution in [-0.2, 0) is 11.3 Å². The minimum Gasteiger partial charge on any atom is -0.493 e. The highest BCUT2D eigenvalue weighted by Crippen LogP contribution is 2.36. The lowest BCUT2D eigenvalue weighted by Gasteiger charge is -2.22. The fourth-order valence-corrected chi connectivity index (χ4v) is 5.21. The number of hydrogen-bond donors (Lipinski definition) is 2. The Labute approximate surface area is 230 Å². The number of fused-ring (bicyclic) bond motifs is 1. The predicted molar refractivity (Wildman–Crippen MR) is 151 cm³/mol. The maximum absolute atomic E-state index is 11.0. The number of carboxylic acids is 1. The number of carboxylic acid groups (broad SMARTS) is 1. The molecule has 0 atom stereocenters. The number of hydrogen-bond acceptors (Lipinski definition) is 5. The van der Waals surface area contributed by atoms with Gasteiger partial charge in [0.05, 0.1) is 13.2 Å². The van der Waals surface area contributed by atoms with Crippen molar-refractivity contribution in [3.8, 4) is 40.2 Å². The number of nitrogens with one attached hydrogen (secondary N) is 1. The zero-order valence-electron chi connectivity index (χ0n) is 22.4. The van der Waals surface area contributed by atoms with Gasteiger partial charge in [-0.05, 0) is 72.7 Å². The van der Waals surface area contributed by atoms with Crippen LogP contribution >= 0.6 is 0 Å². The molecule has 0 aromatic heterocycles. The average Bonchev–Trinajstić information content (AvgIpc) is 2.96. The molecule has 1 aliphatic carbocycles. The van der Waals surface area contributed by atoms with Crippen LogP contribution in [0.1, 0.15) is 54.4 Å². The van der Waals surface area contributed by atoms with Gasteiger partial charge in [-0.15, -0.1) is 0 Å². The summed E-state index contributed by atoms with van der Waals surface area (Å²) in [5, 5.41) is 12.0. The molecule has 39 heavy (non-hydrogen) atoms. The first-order chi connectivity index (χ1) is 19.1. The van der Waals surface area contributed by atoms with E-state index in [1.165, 1.54) is 32.1 Å². The van der Waals surface area contributed by atoms with E-state index in [4.69, 9.17) is 19.3 Å². The fourth-order valence-electron chi connectivity index (χ4n) is 5.21. The van der Waals surface area contributed by atoms with Crippen molar-refractivity contribution in [3.05, 3.63) is 76.9 Å². The average molecular weight is 526 g/mol. The molecule has 0 unspecified atom stereocenters. The van der Waals surface area contributed by atoms with E-state index in [1.54, 1.807) is 0 Å². The topological polar surface area (TPSA) is 77.0 Å². The molecule has 0 bridgehead atoms. The maximum Gasteiger partial charge on any atom is 0.317 e. The summed E-state index contributed by atoms with van der Waals surface area (Å²) < 4.78 is 17.7. The van der Waals surface area contributed by atoms with Crippen LogP contribution in [0.2, 0.25) is 0 Å². The third kappa shape index (κ3) is 6.93. The smallest absolute Gasteiger partial charge is 0.317 e. The molecule has 1 saturated carbocycles. The zero-order chi connectivity index (χ0) is 27.0. The Morgan fingerprint density at radius 2 is 1.82 bits per heavy atom. The predicted octanol–water partition coefficient (Wildman–Crippen LogP) is 5.97. The molecule has 1 heterocycles. The molecule has 3 aromatic carbocycles. The van der Waals surface area contributed by atoms with Crippen LogP contribution in [-0.4, -0.2) is 37.4 Å². The SMILES string of the molecule is Cc1c(C#Cc2ccc(CNCC(=O)O)c(OCC3CCCCC3)c2)cccc1-c1ccc2c(c1)OCCO2. The van der Waals surface area contributed by atoms with E-state index in [1.807, 2.05) is 42.5 Å². The number of ether oxygens (including phenoxy) is 3. The van der Waals surface area contributed by atoms with Crippen molar-refractivity contribution < 1.29 is 24.1 Å². The van der Waals surface area contributed by atoms with Gasteiger partial charge >= 0.3 is 5.97 Å². The summed E-state index contributed by atoms with van der Waals surface area (Å²) in [4.78, 5) is 11.0. The lowest BCUT2D eigenvalue weighted by atomic mass is 9.90. The number of carbonyl (C=O) groups is 1. The van der Waals surface area contributed by atoms with Crippen molar-refractivity contribution in [1.82, 2.24) is 5.32 Å². The van der Waals surface area contributed by atoms with Crippen LogP contribution in [0.25, 0.3) is 11.1 Å². The van der Waals surface area contributed by atoms with E-state index >= 15 is 0 Å². The molecular weight excluding hydrogens is 490 g/mol. The Bertz CT molecular complexity index is 1380. The van der Waals surface area contributed by atoms with Gasteiger partial charge in [-0.2, -0.15) is 0 Å². The highest BCUT2D eigenvalue weighted by molar-refractivity contribution is 5.73. The second kappa shape index (κ2) is 12.7. The minimum absolute atomic E-state index is 0.0946. The van der Waals surface area contributed by atoms with Gasteiger partial charge in [-0.3, -0.25) is 4.79 Å². The van der Waals surface area contributed by atoms with Crippen molar-refractivity contribution in [2.75, 3.05) is 26.4 Å². The zero-order valence-corrected chi connectivity index (χ0v) is 22.4. The molecule has 1 aliphatic heterocycles. The van der Waals surface area contributed by atoms with Gasteiger partial charge in [0.15, 0.2) is 11.5 Å². The summed E-state index contributed by atoms with van der Waals surface area (Å²) in [6.45, 7) is 4.23. The van der Waals surface area contributed by atoms with Crippen LogP contribution in [0.5, 0.6) is 17.2 Å². The maximum atomic E-state index is 11.0. The van der Waals surface area contributed by atoms with Gasteiger partial charge in [-0.25, -0.2) is 0 Å². The Balaban J connectivity index is 1.37. The number of benzene rings is 3. The molecular formula is C33H35NO5. The highest BCUT2D eigenvalue weighted by Gasteiger charge is 2.16. The van der Waals surface area contributed by atoms with E-state index < -0.39 is 5.97 Å². The molecule has 6 nitrogen and oxygen atoms in total. The number of aliphatic carboxylic acids is 1. The molecule has 6 heteroatoms. The summed E-state index contributed by atoms with van der Waals surface area (Å²) >= 11 is 0. The molecule has 2 aliphatic rings. The van der Waals surface area contributed by atoms with Crippen LogP contribution in [0.15, 0.2) is 54.6 Å². The molecule has 2 N–H and O–H groups in total. The Morgan fingerprint density at radius 3 is 2.64 bits per heavy atom. The lowest BCUT2D eigenvalue weighted by Crippen LogP contribution is -2.22. The first-order valence-electron chi connectivity index (χ1n) is 13.8. The van der Waals surface area contributed by atoms with E-state index in [0.29, 0.717) is 32.3 Å². The second-order valence-electron chi connectivity index (χ2n) is 10.2. The quantitative estimate of drug-likeness (QED) is 0.353. The highest BCUT2D eigenvalue weighted by atomic mass is 16.6. The molecule has 0 amide bonds. The second-order valence-corrected chi connectivity index (χ2v) is 10.2. The monoisotopic (exact) mass is 525 g/mol. The van der Waals surface area contributed by atoms with Crippen molar-refractivity contribution in [1.29, 1.82) is 0 Å². The van der Waals surface area contributed by atoms with Crippen LogP contribution in [0.4, 0.5) is 0 Å². The van der Waals surface area contributed by atoms with Gasteiger partial charge in [-0.1, -0.05) is 55.4 Å². The summed E-state index contributed by atoms with van der Waals surface area (Å²) in [7, 11) is 0.